The number of hydrogen-bond acceptors (Lipinski definition) is 6. The van der Waals surface area contributed by atoms with Gasteiger partial charge in [0.05, 0.1) is 0 Å². The van der Waals surface area contributed by atoms with Gasteiger partial charge >= 0.3 is 0 Å². The minimum atomic E-state index is 0.292. The van der Waals surface area contributed by atoms with Crippen molar-refractivity contribution in [3.05, 3.63) is 35.4 Å². The number of nitrogens with one attached hydrogen (secondary N) is 2. The molecule has 0 aliphatic carbocycles. The van der Waals surface area contributed by atoms with Crippen molar-refractivity contribution in [3.63, 3.8) is 0 Å². The highest BCUT2D eigenvalue weighted by molar-refractivity contribution is 5.79. The normalized spacial score (nSPS) is 13.0. The smallest absolute Gasteiger partial charge is 0.231 e. The number of rotatable bonds is 9. The predicted molar refractivity (Wildman–Crippen MR) is 106 cm³/mol. The van der Waals surface area contributed by atoms with E-state index in [1.807, 2.05) is 30.7 Å². The Morgan fingerprint density at radius 1 is 1.21 bits per heavy atom. The van der Waals surface area contributed by atoms with Gasteiger partial charge in [0.1, 0.15) is 12.4 Å². The molecular weight excluding hydrogens is 360 g/mol. The summed E-state index contributed by atoms with van der Waals surface area (Å²) in [4.78, 5) is 4.64. The van der Waals surface area contributed by atoms with Crippen LogP contribution in [0.25, 0.3) is 0 Å². The second kappa shape index (κ2) is 9.93. The summed E-state index contributed by atoms with van der Waals surface area (Å²) in [6, 6.07) is 6.03. The third kappa shape index (κ3) is 5.35. The molecular formula is C19H28N6O3. The summed E-state index contributed by atoms with van der Waals surface area (Å²) in [5.74, 6) is 4.05. The van der Waals surface area contributed by atoms with Crippen LogP contribution in [0.5, 0.6) is 11.5 Å². The first-order valence-corrected chi connectivity index (χ1v) is 9.42. The van der Waals surface area contributed by atoms with Gasteiger partial charge in [-0.05, 0) is 37.5 Å². The van der Waals surface area contributed by atoms with Crippen LogP contribution in [0.3, 0.4) is 0 Å². The number of aromatic nitrogens is 3. The number of benzene rings is 1. The van der Waals surface area contributed by atoms with Crippen molar-refractivity contribution < 1.29 is 14.2 Å². The second-order valence-electron chi connectivity index (χ2n) is 6.52. The summed E-state index contributed by atoms with van der Waals surface area (Å²) in [5, 5.41) is 15.0. The SMILES string of the molecule is COCCCNC(=NCc1nnc(C)n1C)NCCc1ccc2c(c1)OCO2. The molecule has 1 aromatic carbocycles. The zero-order valence-electron chi connectivity index (χ0n) is 16.7. The quantitative estimate of drug-likeness (QED) is 0.378. The monoisotopic (exact) mass is 388 g/mol. The maximum atomic E-state index is 5.44. The Hall–Kier alpha value is -2.81. The zero-order valence-corrected chi connectivity index (χ0v) is 16.7. The minimum absolute atomic E-state index is 0.292. The summed E-state index contributed by atoms with van der Waals surface area (Å²) in [6.45, 7) is 4.91. The molecule has 1 aromatic heterocycles. The topological polar surface area (TPSA) is 94.8 Å². The minimum Gasteiger partial charge on any atom is -0.454 e. The fraction of sp³-hybridized carbons (Fsp3) is 0.526. The highest BCUT2D eigenvalue weighted by Gasteiger charge is 2.13. The van der Waals surface area contributed by atoms with E-state index in [4.69, 9.17) is 14.2 Å². The van der Waals surface area contributed by atoms with E-state index in [9.17, 15) is 0 Å². The number of guanidine groups is 1. The summed E-state index contributed by atoms with van der Waals surface area (Å²) in [5.41, 5.74) is 1.18. The van der Waals surface area contributed by atoms with E-state index in [0.717, 1.165) is 55.0 Å². The maximum Gasteiger partial charge on any atom is 0.231 e. The van der Waals surface area contributed by atoms with Crippen LogP contribution >= 0.6 is 0 Å². The highest BCUT2D eigenvalue weighted by atomic mass is 16.7. The molecule has 0 unspecified atom stereocenters. The van der Waals surface area contributed by atoms with Gasteiger partial charge in [0.25, 0.3) is 0 Å². The molecule has 0 bridgehead atoms. The van der Waals surface area contributed by atoms with Crippen LogP contribution in [0, 0.1) is 6.92 Å². The largest absolute Gasteiger partial charge is 0.454 e. The summed E-state index contributed by atoms with van der Waals surface area (Å²) in [6.07, 6.45) is 1.75. The first-order chi connectivity index (χ1) is 13.7. The molecule has 0 atom stereocenters. The molecule has 0 amide bonds. The lowest BCUT2D eigenvalue weighted by Crippen LogP contribution is -2.39. The van der Waals surface area contributed by atoms with Gasteiger partial charge in [-0.3, -0.25) is 0 Å². The summed E-state index contributed by atoms with van der Waals surface area (Å²) in [7, 11) is 3.65. The molecule has 2 N–H and O–H groups in total. The van der Waals surface area contributed by atoms with Gasteiger partial charge in [0.15, 0.2) is 23.3 Å². The van der Waals surface area contributed by atoms with Gasteiger partial charge in [-0.15, -0.1) is 10.2 Å². The van der Waals surface area contributed by atoms with Gasteiger partial charge in [-0.25, -0.2) is 4.99 Å². The van der Waals surface area contributed by atoms with Crippen molar-refractivity contribution in [1.29, 1.82) is 0 Å². The number of ether oxygens (including phenoxy) is 3. The number of fused-ring (bicyclic) bond motifs is 1. The van der Waals surface area contributed by atoms with Crippen LogP contribution in [0.2, 0.25) is 0 Å². The van der Waals surface area contributed by atoms with E-state index in [2.05, 4.69) is 31.9 Å². The molecule has 2 aromatic rings. The standard InChI is InChI=1S/C19H28N6O3/c1-14-23-24-18(25(14)2)12-22-19(20-8-4-10-26-3)21-9-7-15-5-6-16-17(11-15)28-13-27-16/h5-6,11H,4,7-10,12-13H2,1-3H3,(H2,20,21,22). The molecule has 0 radical (unpaired) electrons. The number of methoxy groups -OCH3 is 1. The lowest BCUT2D eigenvalue weighted by Gasteiger charge is -2.13. The van der Waals surface area contributed by atoms with Crippen LogP contribution in [-0.4, -0.2) is 54.3 Å². The molecule has 1 aliphatic rings. The van der Waals surface area contributed by atoms with E-state index in [1.54, 1.807) is 7.11 Å². The molecule has 9 nitrogen and oxygen atoms in total. The second-order valence-corrected chi connectivity index (χ2v) is 6.52. The van der Waals surface area contributed by atoms with E-state index in [1.165, 1.54) is 5.56 Å². The Labute approximate surface area is 165 Å². The first kappa shape index (κ1) is 19.9. The molecule has 0 saturated carbocycles. The Bertz CT molecular complexity index is 805. The fourth-order valence-corrected chi connectivity index (χ4v) is 2.76. The molecule has 0 spiro atoms. The van der Waals surface area contributed by atoms with Gasteiger partial charge in [0, 0.05) is 33.9 Å². The van der Waals surface area contributed by atoms with E-state index in [0.29, 0.717) is 19.9 Å². The molecule has 9 heteroatoms. The number of aryl methyl sites for hydroxylation is 1. The number of aliphatic imine (C=N–C) groups is 1. The highest BCUT2D eigenvalue weighted by Crippen LogP contribution is 2.32. The van der Waals surface area contributed by atoms with Crippen molar-refractivity contribution in [2.45, 2.75) is 26.3 Å². The molecule has 2 heterocycles. The van der Waals surface area contributed by atoms with Crippen LogP contribution in [-0.2, 0) is 24.8 Å². The number of nitrogens with zero attached hydrogens (tertiary/aromatic N) is 4. The molecule has 1 aliphatic heterocycles. The van der Waals surface area contributed by atoms with Crippen molar-refractivity contribution in [3.8, 4) is 11.5 Å². The Balaban J connectivity index is 1.55. The van der Waals surface area contributed by atoms with Gasteiger partial charge in [0.2, 0.25) is 6.79 Å². The Morgan fingerprint density at radius 2 is 2.04 bits per heavy atom. The van der Waals surface area contributed by atoms with Crippen molar-refractivity contribution in [2.24, 2.45) is 12.0 Å². The third-order valence-corrected chi connectivity index (χ3v) is 4.52. The zero-order chi connectivity index (χ0) is 19.8. The van der Waals surface area contributed by atoms with Gasteiger partial charge in [-0.1, -0.05) is 6.07 Å². The van der Waals surface area contributed by atoms with Crippen molar-refractivity contribution in [1.82, 2.24) is 25.4 Å². The lowest BCUT2D eigenvalue weighted by atomic mass is 10.1. The molecule has 0 fully saturated rings. The van der Waals surface area contributed by atoms with Crippen molar-refractivity contribution in [2.75, 3.05) is 33.6 Å². The molecule has 3 rings (SSSR count). The van der Waals surface area contributed by atoms with Crippen LogP contribution in [0.4, 0.5) is 0 Å². The fourth-order valence-electron chi connectivity index (χ4n) is 2.76. The maximum absolute atomic E-state index is 5.44. The summed E-state index contributed by atoms with van der Waals surface area (Å²) < 4.78 is 17.8. The molecule has 0 saturated heterocycles. The average molecular weight is 388 g/mol. The van der Waals surface area contributed by atoms with E-state index < -0.39 is 0 Å². The van der Waals surface area contributed by atoms with E-state index in [-0.39, 0.29) is 0 Å². The van der Waals surface area contributed by atoms with Gasteiger partial charge in [-0.2, -0.15) is 0 Å². The van der Waals surface area contributed by atoms with Crippen LogP contribution < -0.4 is 20.1 Å². The number of hydrogen-bond donors (Lipinski definition) is 2. The lowest BCUT2D eigenvalue weighted by molar-refractivity contribution is 0.174. The predicted octanol–water partition coefficient (Wildman–Crippen LogP) is 1.17. The summed E-state index contributed by atoms with van der Waals surface area (Å²) >= 11 is 0. The average Bonchev–Trinajstić information content (AvgIpc) is 3.29. The first-order valence-electron chi connectivity index (χ1n) is 9.42. The van der Waals surface area contributed by atoms with Gasteiger partial charge < -0.3 is 29.4 Å². The third-order valence-electron chi connectivity index (χ3n) is 4.52. The molecule has 28 heavy (non-hydrogen) atoms. The molecule has 152 valence electrons. The Morgan fingerprint density at radius 3 is 2.82 bits per heavy atom. The van der Waals surface area contributed by atoms with E-state index >= 15 is 0 Å². The van der Waals surface area contributed by atoms with Crippen LogP contribution in [0.15, 0.2) is 23.2 Å². The van der Waals surface area contributed by atoms with Crippen LogP contribution in [0.1, 0.15) is 23.6 Å². The van der Waals surface area contributed by atoms with Crippen molar-refractivity contribution >= 4 is 5.96 Å². The Kier molecular flexibility index (Phi) is 7.07.